The highest BCUT2D eigenvalue weighted by Crippen LogP contribution is 2.33. The average Bonchev–Trinajstić information content (AvgIpc) is 3.39. The Hall–Kier alpha value is -3.17. The van der Waals surface area contributed by atoms with Gasteiger partial charge in [0.1, 0.15) is 10.6 Å². The standard InChI is InChI=1S/C23H22N4O3S2/c1-14-25-26-23(32-14)31-13-18-17-6-4-5-7-19(17)30-20(18)21(28)24-12-15-8-10-16(11-9-15)22(29)27(2)3/h4-11H,12-13H2,1-3H3,(H,24,28). The van der Waals surface area contributed by atoms with Gasteiger partial charge in [0.05, 0.1) is 0 Å². The molecule has 0 radical (unpaired) electrons. The fourth-order valence-electron chi connectivity index (χ4n) is 3.18. The van der Waals surface area contributed by atoms with Crippen LogP contribution in [-0.4, -0.2) is 41.0 Å². The average molecular weight is 467 g/mol. The predicted octanol–water partition coefficient (Wildman–Crippen LogP) is 4.52. The maximum absolute atomic E-state index is 13.0. The number of fused-ring (bicyclic) bond motifs is 1. The van der Waals surface area contributed by atoms with Crippen molar-refractivity contribution < 1.29 is 14.0 Å². The van der Waals surface area contributed by atoms with E-state index in [1.165, 1.54) is 28.0 Å². The zero-order valence-corrected chi connectivity index (χ0v) is 19.5. The molecule has 0 aliphatic heterocycles. The molecule has 4 rings (SSSR count). The molecule has 0 fully saturated rings. The van der Waals surface area contributed by atoms with E-state index in [0.29, 0.717) is 29.2 Å². The number of thioether (sulfide) groups is 1. The van der Waals surface area contributed by atoms with Gasteiger partial charge in [0.2, 0.25) is 0 Å². The summed E-state index contributed by atoms with van der Waals surface area (Å²) in [6.45, 7) is 2.24. The van der Waals surface area contributed by atoms with Crippen molar-refractivity contribution in [3.8, 4) is 0 Å². The number of nitrogens with zero attached hydrogens (tertiary/aromatic N) is 3. The minimum atomic E-state index is -0.279. The summed E-state index contributed by atoms with van der Waals surface area (Å²) in [5.74, 6) is 0.518. The zero-order valence-electron chi connectivity index (χ0n) is 17.9. The molecular weight excluding hydrogens is 444 g/mol. The zero-order chi connectivity index (χ0) is 22.7. The largest absolute Gasteiger partial charge is 0.451 e. The van der Waals surface area contributed by atoms with Crippen LogP contribution < -0.4 is 5.32 Å². The summed E-state index contributed by atoms with van der Waals surface area (Å²) in [6.07, 6.45) is 0. The van der Waals surface area contributed by atoms with Gasteiger partial charge in [-0.05, 0) is 30.7 Å². The molecule has 0 saturated heterocycles. The SMILES string of the molecule is Cc1nnc(SCc2c(C(=O)NCc3ccc(C(=O)N(C)C)cc3)oc3ccccc23)s1. The molecule has 2 amide bonds. The van der Waals surface area contributed by atoms with E-state index < -0.39 is 0 Å². The van der Waals surface area contributed by atoms with Gasteiger partial charge in [0.25, 0.3) is 11.8 Å². The van der Waals surface area contributed by atoms with E-state index in [0.717, 1.165) is 25.9 Å². The van der Waals surface area contributed by atoms with Crippen LogP contribution in [0.3, 0.4) is 0 Å². The number of nitrogens with one attached hydrogen (secondary N) is 1. The number of benzene rings is 2. The number of rotatable bonds is 7. The molecule has 7 nitrogen and oxygen atoms in total. The van der Waals surface area contributed by atoms with E-state index in [2.05, 4.69) is 15.5 Å². The van der Waals surface area contributed by atoms with Crippen LogP contribution in [0.25, 0.3) is 11.0 Å². The van der Waals surface area contributed by atoms with Crippen molar-refractivity contribution in [3.63, 3.8) is 0 Å². The van der Waals surface area contributed by atoms with E-state index >= 15 is 0 Å². The quantitative estimate of drug-likeness (QED) is 0.403. The molecule has 2 aromatic carbocycles. The van der Waals surface area contributed by atoms with Gasteiger partial charge >= 0.3 is 0 Å². The molecule has 0 saturated carbocycles. The van der Waals surface area contributed by atoms with Crippen molar-refractivity contribution >= 4 is 45.9 Å². The molecular formula is C23H22N4O3S2. The minimum Gasteiger partial charge on any atom is -0.451 e. The highest BCUT2D eigenvalue weighted by molar-refractivity contribution is 8.00. The number of hydrogen-bond acceptors (Lipinski definition) is 7. The Bertz CT molecular complexity index is 1260. The Morgan fingerprint density at radius 3 is 2.53 bits per heavy atom. The second-order valence-electron chi connectivity index (χ2n) is 7.36. The Morgan fingerprint density at radius 2 is 1.84 bits per heavy atom. The van der Waals surface area contributed by atoms with Crippen molar-refractivity contribution in [3.05, 3.63) is 76.0 Å². The van der Waals surface area contributed by atoms with Crippen molar-refractivity contribution in [2.45, 2.75) is 23.6 Å². The second kappa shape index (κ2) is 9.54. The lowest BCUT2D eigenvalue weighted by Gasteiger charge is -2.11. The van der Waals surface area contributed by atoms with Crippen LogP contribution in [0.2, 0.25) is 0 Å². The van der Waals surface area contributed by atoms with E-state index in [-0.39, 0.29) is 11.8 Å². The smallest absolute Gasteiger partial charge is 0.287 e. The molecule has 32 heavy (non-hydrogen) atoms. The first-order valence-electron chi connectivity index (χ1n) is 9.94. The first-order valence-corrected chi connectivity index (χ1v) is 11.7. The summed E-state index contributed by atoms with van der Waals surface area (Å²) in [6, 6.07) is 14.8. The van der Waals surface area contributed by atoms with Gasteiger partial charge in [-0.15, -0.1) is 10.2 Å². The maximum Gasteiger partial charge on any atom is 0.287 e. The molecule has 0 atom stereocenters. The number of furan rings is 1. The van der Waals surface area contributed by atoms with Gasteiger partial charge in [-0.1, -0.05) is 53.4 Å². The third-order valence-corrected chi connectivity index (χ3v) is 6.81. The van der Waals surface area contributed by atoms with E-state index in [1.54, 1.807) is 26.2 Å². The summed E-state index contributed by atoms with van der Waals surface area (Å²) in [5.41, 5.74) is 3.01. The molecule has 0 spiro atoms. The topological polar surface area (TPSA) is 88.3 Å². The molecule has 1 N–H and O–H groups in total. The molecule has 2 heterocycles. The van der Waals surface area contributed by atoms with Crippen LogP contribution in [0.15, 0.2) is 57.3 Å². The fourth-order valence-corrected chi connectivity index (χ4v) is 5.03. The monoisotopic (exact) mass is 466 g/mol. The molecule has 2 aromatic heterocycles. The van der Waals surface area contributed by atoms with E-state index in [4.69, 9.17) is 4.42 Å². The van der Waals surface area contributed by atoms with Crippen molar-refractivity contribution in [2.24, 2.45) is 0 Å². The normalized spacial score (nSPS) is 11.0. The minimum absolute atomic E-state index is 0.0596. The number of carbonyl (C=O) groups excluding carboxylic acids is 2. The van der Waals surface area contributed by atoms with Crippen LogP contribution >= 0.6 is 23.1 Å². The van der Waals surface area contributed by atoms with Gasteiger partial charge in [-0.25, -0.2) is 0 Å². The first-order chi connectivity index (χ1) is 15.4. The number of hydrogen-bond donors (Lipinski definition) is 1. The highest BCUT2D eigenvalue weighted by atomic mass is 32.2. The Kier molecular flexibility index (Phi) is 6.57. The molecule has 0 bridgehead atoms. The Morgan fingerprint density at radius 1 is 1.09 bits per heavy atom. The third-order valence-electron chi connectivity index (χ3n) is 4.81. The highest BCUT2D eigenvalue weighted by Gasteiger charge is 2.21. The number of aryl methyl sites for hydroxylation is 1. The third kappa shape index (κ3) is 4.84. The molecule has 4 aromatic rings. The predicted molar refractivity (Wildman–Crippen MR) is 126 cm³/mol. The maximum atomic E-state index is 13.0. The van der Waals surface area contributed by atoms with E-state index in [1.807, 2.05) is 43.3 Å². The summed E-state index contributed by atoms with van der Waals surface area (Å²) in [7, 11) is 3.43. The van der Waals surface area contributed by atoms with Crippen molar-refractivity contribution in [1.29, 1.82) is 0 Å². The first kappa shape index (κ1) is 22.0. The number of carbonyl (C=O) groups is 2. The van der Waals surface area contributed by atoms with Crippen molar-refractivity contribution in [2.75, 3.05) is 14.1 Å². The van der Waals surface area contributed by atoms with Gasteiger partial charge in [0, 0.05) is 42.9 Å². The van der Waals surface area contributed by atoms with Gasteiger partial charge in [-0.3, -0.25) is 9.59 Å². The Labute approximate surface area is 193 Å². The van der Waals surface area contributed by atoms with Crippen LogP contribution in [0, 0.1) is 6.92 Å². The van der Waals surface area contributed by atoms with Crippen molar-refractivity contribution in [1.82, 2.24) is 20.4 Å². The van der Waals surface area contributed by atoms with Gasteiger partial charge < -0.3 is 14.6 Å². The number of amides is 2. The molecule has 9 heteroatoms. The number of para-hydroxylation sites is 1. The van der Waals surface area contributed by atoms with Crippen LogP contribution in [0.1, 0.15) is 37.0 Å². The summed E-state index contributed by atoms with van der Waals surface area (Å²) < 4.78 is 6.77. The van der Waals surface area contributed by atoms with Gasteiger partial charge in [0.15, 0.2) is 10.1 Å². The van der Waals surface area contributed by atoms with Gasteiger partial charge in [-0.2, -0.15) is 0 Å². The summed E-state index contributed by atoms with van der Waals surface area (Å²) >= 11 is 3.06. The molecule has 0 aliphatic rings. The lowest BCUT2D eigenvalue weighted by molar-refractivity contribution is 0.0827. The van der Waals surface area contributed by atoms with Crippen LogP contribution in [0.5, 0.6) is 0 Å². The number of aromatic nitrogens is 2. The molecule has 0 aliphatic carbocycles. The summed E-state index contributed by atoms with van der Waals surface area (Å²) in [5, 5.41) is 12.9. The Balaban J connectivity index is 1.49. The van der Waals surface area contributed by atoms with E-state index in [9.17, 15) is 9.59 Å². The second-order valence-corrected chi connectivity index (χ2v) is 9.76. The van der Waals surface area contributed by atoms with Crippen LogP contribution in [-0.2, 0) is 12.3 Å². The van der Waals surface area contributed by atoms with Crippen LogP contribution in [0.4, 0.5) is 0 Å². The fraction of sp³-hybridized carbons (Fsp3) is 0.217. The molecule has 0 unspecified atom stereocenters. The summed E-state index contributed by atoms with van der Waals surface area (Å²) in [4.78, 5) is 26.5. The molecule has 164 valence electrons. The lowest BCUT2D eigenvalue weighted by atomic mass is 10.1. The lowest BCUT2D eigenvalue weighted by Crippen LogP contribution is -2.24.